The second-order valence-corrected chi connectivity index (χ2v) is 6.91. The van der Waals surface area contributed by atoms with Crippen molar-refractivity contribution in [1.82, 2.24) is 9.47 Å². The van der Waals surface area contributed by atoms with Gasteiger partial charge in [-0.3, -0.25) is 14.4 Å². The van der Waals surface area contributed by atoms with Crippen molar-refractivity contribution in [3.05, 3.63) is 87.7 Å². The molecule has 0 radical (unpaired) electrons. The van der Waals surface area contributed by atoms with Gasteiger partial charge in [-0.2, -0.15) is 0 Å². The first-order valence-electron chi connectivity index (χ1n) is 9.21. The standard InChI is InChI=1S/C22H23N3O4/c1-15-7-6-8-16(2)21(15)23-19(26)14-24(3)22(28)18-11-10-17(29-18)13-25-12-5-4-9-20(25)27/h4-12H,13-14H2,1-3H3,(H,23,26). The Hall–Kier alpha value is -3.61. The number of pyridine rings is 1. The van der Waals surface area contributed by atoms with Crippen molar-refractivity contribution in [2.45, 2.75) is 20.4 Å². The van der Waals surface area contributed by atoms with Gasteiger partial charge in [0.1, 0.15) is 5.76 Å². The number of aryl methyl sites for hydroxylation is 2. The molecule has 0 aliphatic carbocycles. The molecule has 2 heterocycles. The van der Waals surface area contributed by atoms with E-state index in [1.54, 1.807) is 30.5 Å². The van der Waals surface area contributed by atoms with E-state index in [1.165, 1.54) is 22.6 Å². The summed E-state index contributed by atoms with van der Waals surface area (Å²) in [6.07, 6.45) is 1.65. The average molecular weight is 393 g/mol. The molecule has 0 saturated heterocycles. The summed E-state index contributed by atoms with van der Waals surface area (Å²) in [6, 6.07) is 13.8. The summed E-state index contributed by atoms with van der Waals surface area (Å²) in [6.45, 7) is 3.95. The van der Waals surface area contributed by atoms with E-state index < -0.39 is 5.91 Å². The lowest BCUT2D eigenvalue weighted by Crippen LogP contribution is -2.35. The van der Waals surface area contributed by atoms with Crippen molar-refractivity contribution in [1.29, 1.82) is 0 Å². The maximum absolute atomic E-state index is 12.6. The fourth-order valence-corrected chi connectivity index (χ4v) is 3.00. The quantitative estimate of drug-likeness (QED) is 0.698. The lowest BCUT2D eigenvalue weighted by atomic mass is 10.1. The van der Waals surface area contributed by atoms with Gasteiger partial charge in [0.2, 0.25) is 5.91 Å². The molecule has 0 aliphatic rings. The smallest absolute Gasteiger partial charge is 0.289 e. The van der Waals surface area contributed by atoms with Gasteiger partial charge in [-0.15, -0.1) is 0 Å². The van der Waals surface area contributed by atoms with Gasteiger partial charge in [-0.1, -0.05) is 24.3 Å². The molecule has 1 aromatic carbocycles. The predicted octanol–water partition coefficient (Wildman–Crippen LogP) is 2.82. The van der Waals surface area contributed by atoms with Crippen LogP contribution in [-0.2, 0) is 11.3 Å². The highest BCUT2D eigenvalue weighted by atomic mass is 16.4. The van der Waals surface area contributed by atoms with E-state index in [1.807, 2.05) is 32.0 Å². The Kier molecular flexibility index (Phi) is 5.97. The number of anilines is 1. The summed E-state index contributed by atoms with van der Waals surface area (Å²) in [5.41, 5.74) is 2.52. The van der Waals surface area contributed by atoms with Crippen molar-refractivity contribution in [2.75, 3.05) is 18.9 Å². The third-order valence-corrected chi connectivity index (χ3v) is 4.57. The summed E-state index contributed by atoms with van der Waals surface area (Å²) in [7, 11) is 1.54. The number of benzene rings is 1. The first kappa shape index (κ1) is 20.1. The number of hydrogen-bond acceptors (Lipinski definition) is 4. The maximum atomic E-state index is 12.6. The number of para-hydroxylation sites is 1. The van der Waals surface area contributed by atoms with Crippen LogP contribution in [0.1, 0.15) is 27.4 Å². The highest BCUT2D eigenvalue weighted by molar-refractivity contribution is 5.98. The van der Waals surface area contributed by atoms with Crippen molar-refractivity contribution in [3.63, 3.8) is 0 Å². The minimum Gasteiger partial charge on any atom is -0.454 e. The fourth-order valence-electron chi connectivity index (χ4n) is 3.00. The number of furan rings is 1. The molecular formula is C22H23N3O4. The van der Waals surface area contributed by atoms with Crippen LogP contribution in [-0.4, -0.2) is 34.9 Å². The minimum atomic E-state index is -0.409. The molecule has 3 aromatic rings. The van der Waals surface area contributed by atoms with E-state index in [9.17, 15) is 14.4 Å². The average Bonchev–Trinajstić information content (AvgIpc) is 3.14. The minimum absolute atomic E-state index is 0.110. The molecule has 1 N–H and O–H groups in total. The number of amides is 2. The van der Waals surface area contributed by atoms with Crippen LogP contribution in [0, 0.1) is 13.8 Å². The van der Waals surface area contributed by atoms with Crippen LogP contribution in [0.3, 0.4) is 0 Å². The Labute approximate surface area is 168 Å². The van der Waals surface area contributed by atoms with Crippen molar-refractivity contribution in [3.8, 4) is 0 Å². The van der Waals surface area contributed by atoms with Gasteiger partial charge in [0.05, 0.1) is 13.1 Å². The van der Waals surface area contributed by atoms with Gasteiger partial charge >= 0.3 is 0 Å². The maximum Gasteiger partial charge on any atom is 0.289 e. The van der Waals surface area contributed by atoms with Crippen molar-refractivity contribution in [2.24, 2.45) is 0 Å². The van der Waals surface area contributed by atoms with Gasteiger partial charge < -0.3 is 19.2 Å². The summed E-state index contributed by atoms with van der Waals surface area (Å²) in [5, 5.41) is 2.86. The van der Waals surface area contributed by atoms with Crippen LogP contribution in [0.4, 0.5) is 5.69 Å². The number of nitrogens with one attached hydrogen (secondary N) is 1. The van der Waals surface area contributed by atoms with E-state index in [0.29, 0.717) is 5.76 Å². The molecule has 0 aliphatic heterocycles. The normalized spacial score (nSPS) is 10.6. The first-order chi connectivity index (χ1) is 13.8. The molecule has 7 heteroatoms. The van der Waals surface area contributed by atoms with Gasteiger partial charge in [-0.05, 0) is 43.2 Å². The molecule has 2 aromatic heterocycles. The molecule has 150 valence electrons. The number of rotatable bonds is 6. The zero-order valence-corrected chi connectivity index (χ0v) is 16.6. The number of carbonyl (C=O) groups is 2. The molecule has 0 saturated carbocycles. The van der Waals surface area contributed by atoms with Gasteiger partial charge in [-0.25, -0.2) is 0 Å². The molecule has 2 amide bonds. The molecule has 3 rings (SSSR count). The Morgan fingerprint density at radius 3 is 2.45 bits per heavy atom. The highest BCUT2D eigenvalue weighted by Crippen LogP contribution is 2.19. The van der Waals surface area contributed by atoms with Crippen LogP contribution in [0.15, 0.2) is 63.9 Å². The summed E-state index contributed by atoms with van der Waals surface area (Å²) in [5.74, 6) is -0.101. The number of hydrogen-bond donors (Lipinski definition) is 1. The molecule has 0 unspecified atom stereocenters. The van der Waals surface area contributed by atoms with Crippen molar-refractivity contribution < 1.29 is 14.0 Å². The number of carbonyl (C=O) groups excluding carboxylic acids is 2. The van der Waals surface area contributed by atoms with Crippen LogP contribution in [0.2, 0.25) is 0 Å². The number of aromatic nitrogens is 1. The third kappa shape index (κ3) is 4.82. The Balaban J connectivity index is 1.63. The van der Waals surface area contributed by atoms with E-state index in [4.69, 9.17) is 4.42 Å². The van der Waals surface area contributed by atoms with Gasteiger partial charge in [0.25, 0.3) is 11.5 Å². The summed E-state index contributed by atoms with van der Waals surface area (Å²) >= 11 is 0. The highest BCUT2D eigenvalue weighted by Gasteiger charge is 2.19. The molecule has 0 spiro atoms. The Morgan fingerprint density at radius 1 is 1.03 bits per heavy atom. The van der Waals surface area contributed by atoms with Crippen molar-refractivity contribution >= 4 is 17.5 Å². The van der Waals surface area contributed by atoms with E-state index in [2.05, 4.69) is 5.32 Å². The SMILES string of the molecule is Cc1cccc(C)c1NC(=O)CN(C)C(=O)c1ccc(Cn2ccccc2=O)o1. The zero-order valence-electron chi connectivity index (χ0n) is 16.6. The predicted molar refractivity (Wildman–Crippen MR) is 110 cm³/mol. The lowest BCUT2D eigenvalue weighted by Gasteiger charge is -2.17. The fraction of sp³-hybridized carbons (Fsp3) is 0.227. The van der Waals surface area contributed by atoms with E-state index in [0.717, 1.165) is 16.8 Å². The first-order valence-corrected chi connectivity index (χ1v) is 9.21. The Morgan fingerprint density at radius 2 is 1.76 bits per heavy atom. The number of likely N-dealkylation sites (N-methyl/N-ethyl adjacent to an activating group) is 1. The number of nitrogens with zero attached hydrogens (tertiary/aromatic N) is 2. The zero-order chi connectivity index (χ0) is 21.0. The lowest BCUT2D eigenvalue weighted by molar-refractivity contribution is -0.116. The summed E-state index contributed by atoms with van der Waals surface area (Å²) in [4.78, 5) is 38.0. The van der Waals surface area contributed by atoms with E-state index >= 15 is 0 Å². The molecule has 0 bridgehead atoms. The monoisotopic (exact) mass is 393 g/mol. The second kappa shape index (κ2) is 8.60. The van der Waals surface area contributed by atoms with Gasteiger partial charge in [0, 0.05) is 25.0 Å². The molecule has 0 fully saturated rings. The molecular weight excluding hydrogens is 370 g/mol. The summed E-state index contributed by atoms with van der Waals surface area (Å²) < 4.78 is 7.06. The largest absolute Gasteiger partial charge is 0.454 e. The van der Waals surface area contributed by atoms with Crippen LogP contribution in [0.5, 0.6) is 0 Å². The molecule has 29 heavy (non-hydrogen) atoms. The topological polar surface area (TPSA) is 84.5 Å². The van der Waals surface area contributed by atoms with E-state index in [-0.39, 0.29) is 30.3 Å². The third-order valence-electron chi connectivity index (χ3n) is 4.57. The van der Waals surface area contributed by atoms with Crippen LogP contribution in [0.25, 0.3) is 0 Å². The molecule has 0 atom stereocenters. The van der Waals surface area contributed by atoms with Gasteiger partial charge in [0.15, 0.2) is 5.76 Å². The Bertz CT molecular complexity index is 1080. The van der Waals surface area contributed by atoms with Crippen LogP contribution < -0.4 is 10.9 Å². The second-order valence-electron chi connectivity index (χ2n) is 6.91. The van der Waals surface area contributed by atoms with Crippen LogP contribution >= 0.6 is 0 Å². The molecule has 7 nitrogen and oxygen atoms in total.